The largest absolute Gasteiger partial charge is 0.507 e. The number of rotatable bonds is 3. The molecule has 1 N–H and O–H groups in total. The molecular weight excluding hydrogens is 320 g/mol. The Morgan fingerprint density at radius 1 is 1.08 bits per heavy atom. The predicted octanol–water partition coefficient (Wildman–Crippen LogP) is 3.07. The highest BCUT2D eigenvalue weighted by Gasteiger charge is 2.27. The second kappa shape index (κ2) is 6.36. The number of aryl methyl sites for hydroxylation is 1. The molecule has 5 heteroatoms. The summed E-state index contributed by atoms with van der Waals surface area (Å²) < 4.78 is 4.96. The molecule has 0 aromatic heterocycles. The standard InChI is InChI=1S/C20H16O5/c1-3-25-20(24)16-9-14(11(2)8-17(16)21)15-10-18(22)19(23)13-7-5-4-6-12(13)15/h4-10,21H,3H2,1-2H3. The van der Waals surface area contributed by atoms with Gasteiger partial charge in [-0.15, -0.1) is 0 Å². The fourth-order valence-electron chi connectivity index (χ4n) is 2.90. The van der Waals surface area contributed by atoms with Crippen LogP contribution in [-0.2, 0) is 9.53 Å². The van der Waals surface area contributed by atoms with E-state index in [1.807, 2.05) is 0 Å². The first-order chi connectivity index (χ1) is 11.9. The summed E-state index contributed by atoms with van der Waals surface area (Å²) in [5.41, 5.74) is 2.78. The second-order valence-corrected chi connectivity index (χ2v) is 5.70. The second-order valence-electron chi connectivity index (χ2n) is 5.70. The van der Waals surface area contributed by atoms with Crippen LogP contribution >= 0.6 is 0 Å². The molecule has 2 aromatic carbocycles. The molecule has 0 aliphatic heterocycles. The highest BCUT2D eigenvalue weighted by Crippen LogP contribution is 2.35. The Balaban J connectivity index is 2.21. The van der Waals surface area contributed by atoms with Crippen LogP contribution < -0.4 is 0 Å². The molecule has 0 bridgehead atoms. The van der Waals surface area contributed by atoms with Gasteiger partial charge in [-0.2, -0.15) is 0 Å². The molecule has 25 heavy (non-hydrogen) atoms. The van der Waals surface area contributed by atoms with Crippen molar-refractivity contribution in [2.75, 3.05) is 6.61 Å². The summed E-state index contributed by atoms with van der Waals surface area (Å²) in [4.78, 5) is 36.2. The molecule has 5 nitrogen and oxygen atoms in total. The third-order valence-corrected chi connectivity index (χ3v) is 4.09. The van der Waals surface area contributed by atoms with Gasteiger partial charge in [-0.3, -0.25) is 9.59 Å². The van der Waals surface area contributed by atoms with Gasteiger partial charge in [0.2, 0.25) is 11.6 Å². The van der Waals surface area contributed by atoms with E-state index in [1.165, 1.54) is 18.2 Å². The van der Waals surface area contributed by atoms with Crippen LogP contribution in [0.25, 0.3) is 5.57 Å². The van der Waals surface area contributed by atoms with Crippen molar-refractivity contribution in [1.82, 2.24) is 0 Å². The van der Waals surface area contributed by atoms with Crippen LogP contribution in [0.3, 0.4) is 0 Å². The molecule has 0 atom stereocenters. The summed E-state index contributed by atoms with van der Waals surface area (Å²) >= 11 is 0. The van der Waals surface area contributed by atoms with Gasteiger partial charge in [-0.25, -0.2) is 4.79 Å². The third kappa shape index (κ3) is 2.85. The Morgan fingerprint density at radius 2 is 1.76 bits per heavy atom. The van der Waals surface area contributed by atoms with Crippen LogP contribution in [0.4, 0.5) is 0 Å². The first-order valence-corrected chi connectivity index (χ1v) is 7.85. The number of carbonyl (C=O) groups is 3. The summed E-state index contributed by atoms with van der Waals surface area (Å²) in [6.45, 7) is 3.61. The van der Waals surface area contributed by atoms with Gasteiger partial charge in [0.25, 0.3) is 0 Å². The molecular formula is C20H16O5. The molecule has 0 spiro atoms. The molecule has 2 aromatic rings. The van der Waals surface area contributed by atoms with Gasteiger partial charge in [-0.1, -0.05) is 24.3 Å². The van der Waals surface area contributed by atoms with Crippen molar-refractivity contribution in [2.24, 2.45) is 0 Å². The Morgan fingerprint density at radius 3 is 2.44 bits per heavy atom. The van der Waals surface area contributed by atoms with Crippen molar-refractivity contribution < 1.29 is 24.2 Å². The van der Waals surface area contributed by atoms with E-state index < -0.39 is 17.5 Å². The number of esters is 1. The molecule has 1 aliphatic carbocycles. The first kappa shape index (κ1) is 16.6. The SMILES string of the molecule is CCOC(=O)c1cc(C2=CC(=O)C(=O)c3ccccc32)c(C)cc1O. The summed E-state index contributed by atoms with van der Waals surface area (Å²) in [6, 6.07) is 9.77. The molecule has 0 heterocycles. The lowest BCUT2D eigenvalue weighted by atomic mass is 9.83. The number of fused-ring (bicyclic) bond motifs is 1. The van der Waals surface area contributed by atoms with Crippen molar-refractivity contribution in [1.29, 1.82) is 0 Å². The lowest BCUT2D eigenvalue weighted by Gasteiger charge is -2.19. The van der Waals surface area contributed by atoms with Crippen molar-refractivity contribution in [3.05, 3.63) is 70.3 Å². The topological polar surface area (TPSA) is 80.7 Å². The number of ketones is 2. The zero-order chi connectivity index (χ0) is 18.1. The summed E-state index contributed by atoms with van der Waals surface area (Å²) in [7, 11) is 0. The van der Waals surface area contributed by atoms with Crippen LogP contribution in [0, 0.1) is 6.92 Å². The van der Waals surface area contributed by atoms with Gasteiger partial charge in [0, 0.05) is 5.56 Å². The molecule has 0 saturated carbocycles. The van der Waals surface area contributed by atoms with Gasteiger partial charge in [-0.05, 0) is 54.3 Å². The summed E-state index contributed by atoms with van der Waals surface area (Å²) in [5, 5.41) is 10.1. The summed E-state index contributed by atoms with van der Waals surface area (Å²) in [6.07, 6.45) is 1.28. The van der Waals surface area contributed by atoms with Gasteiger partial charge >= 0.3 is 5.97 Å². The number of carbonyl (C=O) groups excluding carboxylic acids is 3. The van der Waals surface area contributed by atoms with E-state index in [2.05, 4.69) is 0 Å². The number of benzene rings is 2. The number of phenols is 1. The maximum Gasteiger partial charge on any atom is 0.341 e. The smallest absolute Gasteiger partial charge is 0.341 e. The third-order valence-electron chi connectivity index (χ3n) is 4.09. The fourth-order valence-corrected chi connectivity index (χ4v) is 2.90. The molecule has 0 radical (unpaired) electrons. The molecule has 0 saturated heterocycles. The Labute approximate surface area is 144 Å². The van der Waals surface area contributed by atoms with Crippen LogP contribution in [0.2, 0.25) is 0 Å². The Bertz CT molecular complexity index is 937. The lowest BCUT2D eigenvalue weighted by Crippen LogP contribution is -2.19. The van der Waals surface area contributed by atoms with E-state index in [4.69, 9.17) is 4.74 Å². The maximum absolute atomic E-state index is 12.1. The molecule has 0 amide bonds. The van der Waals surface area contributed by atoms with E-state index in [0.717, 1.165) is 0 Å². The van der Waals surface area contributed by atoms with Gasteiger partial charge in [0.05, 0.1) is 6.61 Å². The van der Waals surface area contributed by atoms with Crippen LogP contribution in [0.1, 0.15) is 44.3 Å². The van der Waals surface area contributed by atoms with Gasteiger partial charge < -0.3 is 9.84 Å². The minimum Gasteiger partial charge on any atom is -0.507 e. The molecule has 0 fully saturated rings. The molecule has 0 unspecified atom stereocenters. The van der Waals surface area contributed by atoms with E-state index >= 15 is 0 Å². The number of allylic oxidation sites excluding steroid dienone is 1. The molecule has 1 aliphatic rings. The van der Waals surface area contributed by atoms with E-state index in [1.54, 1.807) is 38.1 Å². The Kier molecular flexibility index (Phi) is 4.23. The zero-order valence-corrected chi connectivity index (χ0v) is 13.8. The number of hydrogen-bond donors (Lipinski definition) is 1. The highest BCUT2D eigenvalue weighted by molar-refractivity contribution is 6.51. The first-order valence-electron chi connectivity index (χ1n) is 7.85. The number of Topliss-reactive ketones (excluding diaryl/α,β-unsaturated/α-hetero) is 1. The van der Waals surface area contributed by atoms with E-state index in [9.17, 15) is 19.5 Å². The normalized spacial score (nSPS) is 13.3. The average Bonchev–Trinajstić information content (AvgIpc) is 2.59. The van der Waals surface area contributed by atoms with Crippen molar-refractivity contribution >= 4 is 23.1 Å². The van der Waals surface area contributed by atoms with Crippen LogP contribution in [0.15, 0.2) is 42.5 Å². The zero-order valence-electron chi connectivity index (χ0n) is 13.8. The highest BCUT2D eigenvalue weighted by atomic mass is 16.5. The Hall–Kier alpha value is -3.21. The van der Waals surface area contributed by atoms with Crippen LogP contribution in [-0.4, -0.2) is 29.2 Å². The van der Waals surface area contributed by atoms with E-state index in [0.29, 0.717) is 27.8 Å². The number of hydrogen-bond acceptors (Lipinski definition) is 5. The van der Waals surface area contributed by atoms with Gasteiger partial charge in [0.1, 0.15) is 11.3 Å². The van der Waals surface area contributed by atoms with Crippen molar-refractivity contribution in [3.8, 4) is 5.75 Å². The minimum absolute atomic E-state index is 0.0187. The van der Waals surface area contributed by atoms with Crippen molar-refractivity contribution in [3.63, 3.8) is 0 Å². The molecule has 3 rings (SSSR count). The number of phenolic OH excluding ortho intramolecular Hbond substituents is 1. The monoisotopic (exact) mass is 336 g/mol. The summed E-state index contributed by atoms with van der Waals surface area (Å²) in [5.74, 6) is -2.00. The van der Waals surface area contributed by atoms with Crippen LogP contribution in [0.5, 0.6) is 5.75 Å². The molecule has 126 valence electrons. The van der Waals surface area contributed by atoms with Gasteiger partial charge in [0.15, 0.2) is 0 Å². The van der Waals surface area contributed by atoms with E-state index in [-0.39, 0.29) is 17.9 Å². The number of ether oxygens (including phenoxy) is 1. The average molecular weight is 336 g/mol. The lowest BCUT2D eigenvalue weighted by molar-refractivity contribution is -0.111. The minimum atomic E-state index is -0.645. The number of aromatic hydroxyl groups is 1. The quantitative estimate of drug-likeness (QED) is 0.688. The maximum atomic E-state index is 12.1. The van der Waals surface area contributed by atoms with Crippen molar-refractivity contribution in [2.45, 2.75) is 13.8 Å². The fraction of sp³-hybridized carbons (Fsp3) is 0.150. The predicted molar refractivity (Wildman–Crippen MR) is 91.7 cm³/mol.